The van der Waals surface area contributed by atoms with Gasteiger partial charge in [-0.15, -0.1) is 0 Å². The van der Waals surface area contributed by atoms with Crippen molar-refractivity contribution in [1.29, 1.82) is 0 Å². The second-order valence-corrected chi connectivity index (χ2v) is 7.45. The second kappa shape index (κ2) is 11.6. The van der Waals surface area contributed by atoms with Crippen molar-refractivity contribution in [2.75, 3.05) is 20.3 Å². The van der Waals surface area contributed by atoms with E-state index >= 15 is 0 Å². The molecule has 0 aliphatic carbocycles. The highest BCUT2D eigenvalue weighted by Gasteiger charge is 2.32. The van der Waals surface area contributed by atoms with Gasteiger partial charge in [0.05, 0.1) is 31.5 Å². The zero-order valence-corrected chi connectivity index (χ0v) is 20.0. The number of carbonyl (C=O) groups excluding carboxylic acids is 3. The van der Waals surface area contributed by atoms with Crippen molar-refractivity contribution >= 4 is 24.1 Å². The summed E-state index contributed by atoms with van der Waals surface area (Å²) in [4.78, 5) is 63.2. The third-order valence-corrected chi connectivity index (χ3v) is 4.99. The van der Waals surface area contributed by atoms with Crippen molar-refractivity contribution in [3.63, 3.8) is 0 Å². The number of carbonyl (C=O) groups is 3. The molecule has 0 radical (unpaired) electrons. The zero-order chi connectivity index (χ0) is 27.1. The number of nitrogens with zero attached hydrogens (tertiary/aromatic N) is 1. The fourth-order valence-electron chi connectivity index (χ4n) is 3.35. The lowest BCUT2D eigenvalue weighted by molar-refractivity contribution is -0.139. The number of aromatic amines is 2. The van der Waals surface area contributed by atoms with Crippen LogP contribution in [0.3, 0.4) is 0 Å². The number of amides is 3. The lowest BCUT2D eigenvalue weighted by Gasteiger charge is -2.28. The lowest BCUT2D eigenvalue weighted by atomic mass is 9.95. The van der Waals surface area contributed by atoms with E-state index in [1.54, 1.807) is 26.0 Å². The molecule has 1 aliphatic rings. The number of hydrogen-bond donors (Lipinski definition) is 6. The molecule has 3 amide bonds. The van der Waals surface area contributed by atoms with Crippen LogP contribution in [0.15, 0.2) is 44.2 Å². The monoisotopic (exact) mass is 516 g/mol. The number of hydrazone groups is 1. The summed E-state index contributed by atoms with van der Waals surface area (Å²) in [6, 6.07) is 3.31. The molecule has 6 N–H and O–H groups in total. The van der Waals surface area contributed by atoms with Gasteiger partial charge in [0.15, 0.2) is 18.1 Å². The number of esters is 1. The maximum atomic E-state index is 12.5. The van der Waals surface area contributed by atoms with E-state index in [1.807, 2.05) is 9.97 Å². The fraction of sp³-hybridized carbons (Fsp3) is 0.273. The number of allylic oxidation sites excluding steroid dienone is 1. The maximum Gasteiger partial charge on any atom is 0.338 e. The van der Waals surface area contributed by atoms with E-state index in [4.69, 9.17) is 14.2 Å². The first-order chi connectivity index (χ1) is 17.6. The van der Waals surface area contributed by atoms with Crippen molar-refractivity contribution in [3.8, 4) is 17.4 Å². The molecule has 0 saturated heterocycles. The van der Waals surface area contributed by atoms with Crippen LogP contribution in [0.1, 0.15) is 31.0 Å². The summed E-state index contributed by atoms with van der Waals surface area (Å²) in [5.41, 5.74) is 1.01. The molecule has 37 heavy (non-hydrogen) atoms. The minimum Gasteiger partial charge on any atom is -0.494 e. The van der Waals surface area contributed by atoms with E-state index in [-0.39, 0.29) is 29.2 Å². The van der Waals surface area contributed by atoms with Crippen LogP contribution in [0.2, 0.25) is 0 Å². The van der Waals surface area contributed by atoms with Crippen molar-refractivity contribution < 1.29 is 33.7 Å². The number of benzene rings is 1. The van der Waals surface area contributed by atoms with Crippen LogP contribution in [0.25, 0.3) is 0 Å². The molecule has 0 unspecified atom stereocenters. The van der Waals surface area contributed by atoms with Crippen LogP contribution in [0, 0.1) is 0 Å². The van der Waals surface area contributed by atoms with E-state index in [2.05, 4.69) is 21.2 Å². The minimum atomic E-state index is -0.901. The summed E-state index contributed by atoms with van der Waals surface area (Å²) in [7, 11) is 1.37. The Morgan fingerprint density at radius 2 is 1.95 bits per heavy atom. The number of ether oxygens (including phenoxy) is 3. The van der Waals surface area contributed by atoms with Gasteiger partial charge in [-0.3, -0.25) is 19.6 Å². The Bertz CT molecular complexity index is 1390. The topological polar surface area (TPSA) is 213 Å². The summed E-state index contributed by atoms with van der Waals surface area (Å²) in [5.74, 6) is -1.62. The van der Waals surface area contributed by atoms with E-state index in [0.717, 1.165) is 6.21 Å². The molecular weight excluding hydrogens is 492 g/mol. The van der Waals surface area contributed by atoms with Crippen LogP contribution >= 0.6 is 0 Å². The van der Waals surface area contributed by atoms with Gasteiger partial charge in [-0.25, -0.2) is 19.8 Å². The summed E-state index contributed by atoms with van der Waals surface area (Å²) in [6.45, 7) is 2.91. The molecule has 0 spiro atoms. The highest BCUT2D eigenvalue weighted by atomic mass is 16.5. The first-order valence-corrected chi connectivity index (χ1v) is 10.8. The standard InChI is InChI=1S/C22H24N6O9/c1-4-36-20(32)16-10(2)24-21(33)25-17(16)11-5-6-13(14(7-11)35-3)37-9-15(29)28-23-8-12-18(30)26-22(34)27-19(12)31/h5-8,17H,4,9H2,1-3H3,(H,28,29)(H2,24,25,33)(H3,26,27,30,31,34)/b23-8+/t17-/m1/s1. The summed E-state index contributed by atoms with van der Waals surface area (Å²) in [5, 5.41) is 18.4. The van der Waals surface area contributed by atoms with Crippen LogP contribution < -0.4 is 36.8 Å². The third-order valence-electron chi connectivity index (χ3n) is 4.99. The Kier molecular flexibility index (Phi) is 8.29. The molecule has 0 bridgehead atoms. The maximum absolute atomic E-state index is 12.5. The van der Waals surface area contributed by atoms with E-state index < -0.39 is 47.7 Å². The number of nitrogens with one attached hydrogen (secondary N) is 5. The SMILES string of the molecule is CCOC(=O)C1=C(C)NC(=O)N[C@@H]1c1ccc(OCC(=O)N/N=C/c2c(O)[nH]c(=O)[nH]c2=O)c(OC)c1. The highest BCUT2D eigenvalue weighted by molar-refractivity contribution is 5.95. The van der Waals surface area contributed by atoms with Crippen molar-refractivity contribution in [3.05, 3.63) is 61.4 Å². The average molecular weight is 516 g/mol. The van der Waals surface area contributed by atoms with E-state index in [1.165, 1.54) is 13.2 Å². The Balaban J connectivity index is 1.71. The smallest absolute Gasteiger partial charge is 0.338 e. The molecule has 2 heterocycles. The Morgan fingerprint density at radius 3 is 2.62 bits per heavy atom. The largest absolute Gasteiger partial charge is 0.494 e. The van der Waals surface area contributed by atoms with Crippen LogP contribution in [-0.4, -0.2) is 59.5 Å². The normalized spacial score (nSPS) is 15.1. The lowest BCUT2D eigenvalue weighted by Crippen LogP contribution is -2.45. The molecule has 196 valence electrons. The van der Waals surface area contributed by atoms with Gasteiger partial charge in [0.25, 0.3) is 11.5 Å². The first-order valence-electron chi connectivity index (χ1n) is 10.8. The van der Waals surface area contributed by atoms with Gasteiger partial charge >= 0.3 is 17.7 Å². The van der Waals surface area contributed by atoms with Gasteiger partial charge in [0, 0.05) is 5.70 Å². The second-order valence-electron chi connectivity index (χ2n) is 7.45. The number of methoxy groups -OCH3 is 1. The fourth-order valence-corrected chi connectivity index (χ4v) is 3.35. The van der Waals surface area contributed by atoms with Crippen LogP contribution in [0.4, 0.5) is 4.79 Å². The predicted molar refractivity (Wildman–Crippen MR) is 127 cm³/mol. The molecule has 1 atom stereocenters. The quantitative estimate of drug-likeness (QED) is 0.144. The first kappa shape index (κ1) is 26.5. The van der Waals surface area contributed by atoms with Gasteiger partial charge in [-0.05, 0) is 31.5 Å². The molecule has 0 fully saturated rings. The molecular formula is C22H24N6O9. The number of H-pyrrole nitrogens is 2. The Hall–Kier alpha value is -5.08. The van der Waals surface area contributed by atoms with Gasteiger partial charge in [0.2, 0.25) is 5.88 Å². The highest BCUT2D eigenvalue weighted by Crippen LogP contribution is 2.34. The van der Waals surface area contributed by atoms with Crippen molar-refractivity contribution in [1.82, 2.24) is 26.0 Å². The molecule has 15 nitrogen and oxygen atoms in total. The zero-order valence-electron chi connectivity index (χ0n) is 20.0. The number of hydrogen-bond acceptors (Lipinski definition) is 10. The average Bonchev–Trinajstić information content (AvgIpc) is 2.83. The number of aromatic nitrogens is 2. The molecule has 15 heteroatoms. The van der Waals surface area contributed by atoms with Gasteiger partial charge in [-0.2, -0.15) is 5.10 Å². The number of urea groups is 1. The molecule has 1 aromatic carbocycles. The molecule has 1 aromatic heterocycles. The van der Waals surface area contributed by atoms with Gasteiger partial charge < -0.3 is 30.0 Å². The molecule has 1 aliphatic heterocycles. The molecule has 2 aromatic rings. The van der Waals surface area contributed by atoms with Crippen molar-refractivity contribution in [2.45, 2.75) is 19.9 Å². The number of rotatable bonds is 9. The van der Waals surface area contributed by atoms with E-state index in [9.17, 15) is 29.1 Å². The van der Waals surface area contributed by atoms with Crippen molar-refractivity contribution in [2.24, 2.45) is 5.10 Å². The Morgan fingerprint density at radius 1 is 1.19 bits per heavy atom. The van der Waals surface area contributed by atoms with Gasteiger partial charge in [0.1, 0.15) is 5.56 Å². The Labute approximate surface area is 208 Å². The summed E-state index contributed by atoms with van der Waals surface area (Å²) in [6.07, 6.45) is 0.849. The van der Waals surface area contributed by atoms with Crippen LogP contribution in [0.5, 0.6) is 17.4 Å². The van der Waals surface area contributed by atoms with Gasteiger partial charge in [-0.1, -0.05) is 6.07 Å². The van der Waals surface area contributed by atoms with E-state index in [0.29, 0.717) is 11.3 Å². The van der Waals surface area contributed by atoms with Crippen LogP contribution in [-0.2, 0) is 14.3 Å². The summed E-state index contributed by atoms with van der Waals surface area (Å²) < 4.78 is 15.9. The third kappa shape index (κ3) is 6.33. The predicted octanol–water partition coefficient (Wildman–Crippen LogP) is -0.502. The molecule has 3 rings (SSSR count). The summed E-state index contributed by atoms with van der Waals surface area (Å²) >= 11 is 0. The number of aromatic hydroxyl groups is 1. The minimum absolute atomic E-state index is 0.154. The molecule has 0 saturated carbocycles.